The van der Waals surface area contributed by atoms with Crippen LogP contribution in [0.1, 0.15) is 13.3 Å². The van der Waals surface area contributed by atoms with E-state index in [0.717, 1.165) is 37.3 Å². The fraction of sp³-hybridized carbons (Fsp3) is 0.500. The van der Waals surface area contributed by atoms with E-state index in [-0.39, 0.29) is 5.75 Å². The molecule has 1 unspecified atom stereocenters. The molecule has 1 fully saturated rings. The molecular formula is C16H21FN4O. The Morgan fingerprint density at radius 3 is 2.95 bits per heavy atom. The number of nitrogens with zero attached hydrogens (tertiary/aromatic N) is 4. The van der Waals surface area contributed by atoms with Crippen molar-refractivity contribution in [1.82, 2.24) is 14.9 Å². The van der Waals surface area contributed by atoms with Crippen LogP contribution in [0.2, 0.25) is 0 Å². The highest BCUT2D eigenvalue weighted by Gasteiger charge is 2.27. The van der Waals surface area contributed by atoms with E-state index in [4.69, 9.17) is 4.74 Å². The lowest BCUT2D eigenvalue weighted by atomic mass is 10.2. The number of rotatable bonds is 4. The largest absolute Gasteiger partial charge is 0.494 e. The van der Waals surface area contributed by atoms with Gasteiger partial charge in [0.2, 0.25) is 0 Å². The van der Waals surface area contributed by atoms with Gasteiger partial charge in [0.15, 0.2) is 11.6 Å². The molecule has 1 saturated heterocycles. The van der Waals surface area contributed by atoms with E-state index < -0.39 is 5.82 Å². The highest BCUT2D eigenvalue weighted by Crippen LogP contribution is 2.31. The second kappa shape index (κ2) is 6.04. The fourth-order valence-electron chi connectivity index (χ4n) is 3.00. The first-order chi connectivity index (χ1) is 10.6. The third kappa shape index (κ3) is 2.59. The van der Waals surface area contributed by atoms with Gasteiger partial charge in [0.1, 0.15) is 12.1 Å². The minimum atomic E-state index is -0.398. The third-order valence-corrected chi connectivity index (χ3v) is 4.47. The monoisotopic (exact) mass is 304 g/mol. The number of ether oxygens (including phenoxy) is 1. The normalized spacial score (nSPS) is 18.4. The van der Waals surface area contributed by atoms with Crippen molar-refractivity contribution in [3.8, 4) is 5.75 Å². The molecule has 6 heteroatoms. The first kappa shape index (κ1) is 15.0. The highest BCUT2D eigenvalue weighted by atomic mass is 19.1. The Morgan fingerprint density at radius 2 is 2.23 bits per heavy atom. The van der Waals surface area contributed by atoms with Crippen LogP contribution in [0, 0.1) is 5.82 Å². The fourth-order valence-corrected chi connectivity index (χ4v) is 3.00. The Labute approximate surface area is 129 Å². The Bertz CT molecular complexity index is 678. The molecule has 1 aromatic carbocycles. The summed E-state index contributed by atoms with van der Waals surface area (Å²) < 4.78 is 18.9. The predicted octanol–water partition coefficient (Wildman–Crippen LogP) is 2.31. The Hall–Kier alpha value is -1.95. The van der Waals surface area contributed by atoms with Crippen LogP contribution >= 0.6 is 0 Å². The molecule has 1 aliphatic rings. The number of fused-ring (bicyclic) bond motifs is 1. The van der Waals surface area contributed by atoms with Crippen LogP contribution in [-0.2, 0) is 0 Å². The maximum absolute atomic E-state index is 13.8. The number of hydrogen-bond donors (Lipinski definition) is 0. The summed E-state index contributed by atoms with van der Waals surface area (Å²) >= 11 is 0. The van der Waals surface area contributed by atoms with Crippen molar-refractivity contribution < 1.29 is 9.13 Å². The van der Waals surface area contributed by atoms with Gasteiger partial charge < -0.3 is 14.5 Å². The van der Waals surface area contributed by atoms with Crippen LogP contribution in [0.5, 0.6) is 5.75 Å². The van der Waals surface area contributed by atoms with Crippen LogP contribution in [0.25, 0.3) is 10.9 Å². The number of halogens is 1. The molecule has 0 spiro atoms. The summed E-state index contributed by atoms with van der Waals surface area (Å²) in [6, 6.07) is 3.62. The van der Waals surface area contributed by atoms with E-state index in [0.29, 0.717) is 11.6 Å². The minimum absolute atomic E-state index is 0.227. The quantitative estimate of drug-likeness (QED) is 0.867. The van der Waals surface area contributed by atoms with E-state index in [1.54, 1.807) is 6.07 Å². The molecule has 1 atom stereocenters. The van der Waals surface area contributed by atoms with Gasteiger partial charge >= 0.3 is 0 Å². The third-order valence-electron chi connectivity index (χ3n) is 4.47. The lowest BCUT2D eigenvalue weighted by Crippen LogP contribution is -2.34. The van der Waals surface area contributed by atoms with Gasteiger partial charge in [0.05, 0.1) is 12.6 Å². The van der Waals surface area contributed by atoms with Crippen molar-refractivity contribution in [2.45, 2.75) is 19.4 Å². The second-order valence-electron chi connectivity index (χ2n) is 5.66. The van der Waals surface area contributed by atoms with E-state index in [9.17, 15) is 4.39 Å². The zero-order valence-corrected chi connectivity index (χ0v) is 13.2. The molecule has 3 rings (SSSR count). The summed E-state index contributed by atoms with van der Waals surface area (Å²) in [5, 5.41) is 0.834. The van der Waals surface area contributed by atoms with Crippen molar-refractivity contribution in [2.75, 3.05) is 38.7 Å². The molecule has 5 nitrogen and oxygen atoms in total. The van der Waals surface area contributed by atoms with Crippen LogP contribution < -0.4 is 9.64 Å². The van der Waals surface area contributed by atoms with Gasteiger partial charge in [-0.3, -0.25) is 0 Å². The van der Waals surface area contributed by atoms with Crippen LogP contribution in [-0.4, -0.2) is 54.7 Å². The highest BCUT2D eigenvalue weighted by molar-refractivity contribution is 5.90. The maximum atomic E-state index is 13.8. The summed E-state index contributed by atoms with van der Waals surface area (Å²) in [6.07, 6.45) is 2.61. The molecule has 2 aromatic rings. The molecule has 2 heterocycles. The number of anilines is 1. The lowest BCUT2D eigenvalue weighted by Gasteiger charge is -2.24. The molecule has 1 aliphatic heterocycles. The summed E-state index contributed by atoms with van der Waals surface area (Å²) in [5.74, 6) is 0.685. The molecule has 22 heavy (non-hydrogen) atoms. The molecule has 1 aromatic heterocycles. The molecule has 0 bridgehead atoms. The van der Waals surface area contributed by atoms with Gasteiger partial charge in [-0.2, -0.15) is 0 Å². The van der Waals surface area contributed by atoms with Gasteiger partial charge in [-0.1, -0.05) is 6.92 Å². The number of likely N-dealkylation sites (N-methyl/N-ethyl adjacent to an activating group) is 1. The van der Waals surface area contributed by atoms with Gasteiger partial charge in [0.25, 0.3) is 0 Å². The molecule has 118 valence electrons. The zero-order valence-electron chi connectivity index (χ0n) is 13.2. The summed E-state index contributed by atoms with van der Waals surface area (Å²) in [6.45, 7) is 5.06. The van der Waals surface area contributed by atoms with Crippen LogP contribution in [0.4, 0.5) is 10.2 Å². The van der Waals surface area contributed by atoms with Gasteiger partial charge in [0, 0.05) is 30.6 Å². The minimum Gasteiger partial charge on any atom is -0.494 e. The first-order valence-corrected chi connectivity index (χ1v) is 7.57. The Kier molecular flexibility index (Phi) is 4.11. The molecule has 0 N–H and O–H groups in total. The molecule has 0 radical (unpaired) electrons. The van der Waals surface area contributed by atoms with E-state index >= 15 is 0 Å². The van der Waals surface area contributed by atoms with Gasteiger partial charge in [-0.05, 0) is 26.1 Å². The zero-order chi connectivity index (χ0) is 15.7. The van der Waals surface area contributed by atoms with Crippen molar-refractivity contribution in [3.05, 3.63) is 24.3 Å². The van der Waals surface area contributed by atoms with Crippen molar-refractivity contribution in [1.29, 1.82) is 0 Å². The van der Waals surface area contributed by atoms with E-state index in [2.05, 4.69) is 33.7 Å². The molecule has 0 saturated carbocycles. The van der Waals surface area contributed by atoms with E-state index in [1.807, 2.05) is 0 Å². The maximum Gasteiger partial charge on any atom is 0.167 e. The van der Waals surface area contributed by atoms with E-state index in [1.165, 1.54) is 19.5 Å². The van der Waals surface area contributed by atoms with Crippen molar-refractivity contribution in [3.63, 3.8) is 0 Å². The van der Waals surface area contributed by atoms with Crippen LogP contribution in [0.3, 0.4) is 0 Å². The van der Waals surface area contributed by atoms with Crippen molar-refractivity contribution in [2.24, 2.45) is 0 Å². The summed E-state index contributed by atoms with van der Waals surface area (Å²) in [7, 11) is 3.61. The number of hydrogen-bond acceptors (Lipinski definition) is 5. The number of benzene rings is 1. The smallest absolute Gasteiger partial charge is 0.167 e. The Morgan fingerprint density at radius 1 is 1.41 bits per heavy atom. The topological polar surface area (TPSA) is 41.5 Å². The molecular weight excluding hydrogens is 283 g/mol. The Balaban J connectivity index is 1.97. The summed E-state index contributed by atoms with van der Waals surface area (Å²) in [5.41, 5.74) is 0.607. The summed E-state index contributed by atoms with van der Waals surface area (Å²) in [4.78, 5) is 13.2. The second-order valence-corrected chi connectivity index (χ2v) is 5.66. The predicted molar refractivity (Wildman–Crippen MR) is 85.0 cm³/mol. The average molecular weight is 304 g/mol. The standard InChI is InChI=1S/C16H21FN4O/c1-4-20(2)11-5-6-21(9-11)16-12-7-15(22-3)13(17)8-14(12)18-10-19-16/h7-8,10-11H,4-6,9H2,1-3H3. The van der Waals surface area contributed by atoms with Gasteiger partial charge in [-0.25, -0.2) is 14.4 Å². The average Bonchev–Trinajstić information content (AvgIpc) is 3.02. The SMILES string of the molecule is CCN(C)C1CCN(c2ncnc3cc(F)c(OC)cc23)C1. The van der Waals surface area contributed by atoms with Crippen LogP contribution in [0.15, 0.2) is 18.5 Å². The molecule has 0 aliphatic carbocycles. The number of aromatic nitrogens is 2. The lowest BCUT2D eigenvalue weighted by molar-refractivity contribution is 0.272. The van der Waals surface area contributed by atoms with Crippen molar-refractivity contribution >= 4 is 16.7 Å². The number of methoxy groups -OCH3 is 1. The first-order valence-electron chi connectivity index (χ1n) is 7.57. The van der Waals surface area contributed by atoms with Gasteiger partial charge in [-0.15, -0.1) is 0 Å². The molecule has 0 amide bonds.